The fourth-order valence-electron chi connectivity index (χ4n) is 8.79. The Morgan fingerprint density at radius 2 is 1.89 bits per heavy atom. The summed E-state index contributed by atoms with van der Waals surface area (Å²) >= 11 is 1.87. The molecule has 5 fully saturated rings. The molecule has 9 atom stereocenters. The van der Waals surface area contributed by atoms with Crippen LogP contribution < -0.4 is 0 Å². The van der Waals surface area contributed by atoms with Crippen LogP contribution in [0.3, 0.4) is 0 Å². The molecule has 6 heteroatoms. The molecule has 28 heavy (non-hydrogen) atoms. The Kier molecular flexibility index (Phi) is 4.58. The molecule has 0 aromatic heterocycles. The molecule has 4 aliphatic carbocycles. The third-order valence-corrected chi connectivity index (χ3v) is 11.6. The average molecular weight is 472 g/mol. The number of hydrogen-bond acceptors (Lipinski definition) is 5. The topological polar surface area (TPSA) is 56.1 Å². The van der Waals surface area contributed by atoms with Crippen LogP contribution in [0.2, 0.25) is 0 Å². The Hall–Kier alpha value is 0.220. The number of aliphatic hydroxyl groups excluding tert-OH is 1. The van der Waals surface area contributed by atoms with E-state index in [1.807, 2.05) is 11.8 Å². The Morgan fingerprint density at radius 3 is 2.71 bits per heavy atom. The van der Waals surface area contributed by atoms with Crippen molar-refractivity contribution in [3.8, 4) is 0 Å². The molecule has 158 valence electrons. The van der Waals surface area contributed by atoms with Gasteiger partial charge in [0.25, 0.3) is 0 Å². The van der Waals surface area contributed by atoms with Gasteiger partial charge in [-0.2, -0.15) is 0 Å². The van der Waals surface area contributed by atoms with Gasteiger partial charge in [-0.15, -0.1) is 17.0 Å². The molecule has 0 aromatic rings. The SMILES string of the molecule is Br.CC12CCC(O)CC1CCC1C2CCC2(C)C1CC1SC3=NCCN3C12O. The lowest BCUT2D eigenvalue weighted by atomic mass is 9.44. The molecule has 1 saturated heterocycles. The summed E-state index contributed by atoms with van der Waals surface area (Å²) in [7, 11) is 0. The van der Waals surface area contributed by atoms with Gasteiger partial charge in [0.05, 0.1) is 17.9 Å². The van der Waals surface area contributed by atoms with E-state index in [0.29, 0.717) is 22.5 Å². The largest absolute Gasteiger partial charge is 0.393 e. The van der Waals surface area contributed by atoms with E-state index in [1.165, 1.54) is 25.7 Å². The van der Waals surface area contributed by atoms with Crippen LogP contribution in [-0.4, -0.2) is 50.4 Å². The fraction of sp³-hybridized carbons (Fsp3) is 0.955. The van der Waals surface area contributed by atoms with Gasteiger partial charge in [0.15, 0.2) is 10.9 Å². The van der Waals surface area contributed by atoms with Crippen molar-refractivity contribution in [3.63, 3.8) is 0 Å². The monoisotopic (exact) mass is 470 g/mol. The first-order valence-corrected chi connectivity index (χ1v) is 12.1. The normalized spacial score (nSPS) is 56.7. The summed E-state index contributed by atoms with van der Waals surface area (Å²) in [6.45, 7) is 6.72. The number of thioether (sulfide) groups is 1. The van der Waals surface area contributed by atoms with Crippen LogP contribution >= 0.6 is 28.7 Å². The first kappa shape index (κ1) is 20.1. The molecule has 0 aromatic carbocycles. The number of nitrogens with zero attached hydrogens (tertiary/aromatic N) is 2. The molecule has 6 rings (SSSR count). The van der Waals surface area contributed by atoms with Crippen LogP contribution in [0.25, 0.3) is 0 Å². The van der Waals surface area contributed by atoms with Gasteiger partial charge < -0.3 is 15.1 Å². The maximum atomic E-state index is 12.1. The lowest BCUT2D eigenvalue weighted by Gasteiger charge is -2.62. The van der Waals surface area contributed by atoms with Crippen LogP contribution in [0, 0.1) is 34.5 Å². The van der Waals surface area contributed by atoms with Crippen molar-refractivity contribution < 1.29 is 10.2 Å². The van der Waals surface area contributed by atoms with E-state index >= 15 is 0 Å². The van der Waals surface area contributed by atoms with E-state index in [2.05, 4.69) is 23.7 Å². The second-order valence-electron chi connectivity index (χ2n) is 10.9. The molecule has 4 nitrogen and oxygen atoms in total. The fourth-order valence-corrected chi connectivity index (χ4v) is 10.4. The number of amidine groups is 1. The van der Waals surface area contributed by atoms with Crippen molar-refractivity contribution in [3.05, 3.63) is 0 Å². The molecule has 2 heterocycles. The van der Waals surface area contributed by atoms with E-state index in [1.54, 1.807) is 0 Å². The zero-order valence-electron chi connectivity index (χ0n) is 17.1. The molecule has 9 unspecified atom stereocenters. The first-order chi connectivity index (χ1) is 12.9. The lowest BCUT2D eigenvalue weighted by molar-refractivity contribution is -0.191. The van der Waals surface area contributed by atoms with E-state index < -0.39 is 5.72 Å². The zero-order valence-corrected chi connectivity index (χ0v) is 19.7. The molecule has 4 saturated carbocycles. The van der Waals surface area contributed by atoms with Gasteiger partial charge in [0.1, 0.15) is 0 Å². The third kappa shape index (κ3) is 2.24. The summed E-state index contributed by atoms with van der Waals surface area (Å²) in [5.41, 5.74) is -0.259. The standard InChI is InChI=1S/C22H34N2O2S.BrH/c1-20-7-5-14(25)11-13(20)3-4-15-16(20)6-8-21(2)17(15)12-18-22(21,26)24-10-9-23-19(24)27-18;/h13-18,25-26H,3-12H2,1-2H3;1H. The summed E-state index contributed by atoms with van der Waals surface area (Å²) in [6.07, 6.45) is 9.34. The van der Waals surface area contributed by atoms with Crippen molar-refractivity contribution in [1.82, 2.24) is 4.90 Å². The van der Waals surface area contributed by atoms with Gasteiger partial charge in [-0.1, -0.05) is 25.6 Å². The smallest absolute Gasteiger partial charge is 0.162 e. The highest BCUT2D eigenvalue weighted by Gasteiger charge is 2.73. The van der Waals surface area contributed by atoms with Crippen molar-refractivity contribution in [2.24, 2.45) is 39.5 Å². The molecule has 0 radical (unpaired) electrons. The van der Waals surface area contributed by atoms with E-state index in [4.69, 9.17) is 0 Å². The van der Waals surface area contributed by atoms with Gasteiger partial charge in [-0.3, -0.25) is 4.99 Å². The zero-order chi connectivity index (χ0) is 18.6. The minimum Gasteiger partial charge on any atom is -0.393 e. The minimum atomic E-state index is -0.677. The van der Waals surface area contributed by atoms with Crippen LogP contribution in [0.15, 0.2) is 4.99 Å². The molecule has 0 amide bonds. The van der Waals surface area contributed by atoms with Gasteiger partial charge in [0, 0.05) is 12.0 Å². The highest BCUT2D eigenvalue weighted by molar-refractivity contribution is 8.93. The molecule has 2 aliphatic heterocycles. The maximum Gasteiger partial charge on any atom is 0.162 e. The quantitative estimate of drug-likeness (QED) is 0.560. The predicted molar refractivity (Wildman–Crippen MR) is 119 cm³/mol. The van der Waals surface area contributed by atoms with Gasteiger partial charge in [-0.05, 0) is 80.5 Å². The minimum absolute atomic E-state index is 0. The van der Waals surface area contributed by atoms with Crippen LogP contribution in [0.4, 0.5) is 0 Å². The van der Waals surface area contributed by atoms with Gasteiger partial charge in [0.2, 0.25) is 0 Å². The highest BCUT2D eigenvalue weighted by atomic mass is 79.9. The number of aliphatic imine (C=N–C) groups is 1. The lowest BCUT2D eigenvalue weighted by Crippen LogP contribution is -2.62. The second kappa shape index (κ2) is 6.37. The molecular formula is C22H35BrN2O2S. The Morgan fingerprint density at radius 1 is 1.07 bits per heavy atom. The highest BCUT2D eigenvalue weighted by Crippen LogP contribution is 2.71. The van der Waals surface area contributed by atoms with Crippen LogP contribution in [0.1, 0.15) is 65.2 Å². The molecule has 2 N–H and O–H groups in total. The molecule has 6 aliphatic rings. The summed E-state index contributed by atoms with van der Waals surface area (Å²) in [5, 5.41) is 23.7. The maximum absolute atomic E-state index is 12.1. The van der Waals surface area contributed by atoms with Gasteiger partial charge in [-0.25, -0.2) is 0 Å². The van der Waals surface area contributed by atoms with Crippen LogP contribution in [-0.2, 0) is 0 Å². The van der Waals surface area contributed by atoms with Crippen LogP contribution in [0.5, 0.6) is 0 Å². The number of halogens is 1. The predicted octanol–water partition coefficient (Wildman–Crippen LogP) is 4.05. The van der Waals surface area contributed by atoms with Crippen molar-refractivity contribution in [1.29, 1.82) is 0 Å². The average Bonchev–Trinajstić information content (AvgIpc) is 3.26. The third-order valence-electron chi connectivity index (χ3n) is 10.2. The van der Waals surface area contributed by atoms with E-state index in [0.717, 1.165) is 55.8 Å². The Balaban J connectivity index is 0.00000171. The van der Waals surface area contributed by atoms with E-state index in [-0.39, 0.29) is 28.5 Å². The summed E-state index contributed by atoms with van der Waals surface area (Å²) in [6, 6.07) is 0. The second-order valence-corrected chi connectivity index (χ2v) is 12.1. The first-order valence-electron chi connectivity index (χ1n) is 11.3. The number of aliphatic hydroxyl groups is 2. The number of rotatable bonds is 0. The van der Waals surface area contributed by atoms with E-state index in [9.17, 15) is 10.2 Å². The number of fused-ring (bicyclic) bond motifs is 9. The Bertz CT molecular complexity index is 706. The van der Waals surface area contributed by atoms with Crippen molar-refractivity contribution in [2.45, 2.75) is 82.3 Å². The number of hydrogen-bond donors (Lipinski definition) is 2. The Labute approximate surface area is 183 Å². The summed E-state index contributed by atoms with van der Waals surface area (Å²) < 4.78 is 0. The molecular weight excluding hydrogens is 436 g/mol. The molecule has 0 spiro atoms. The summed E-state index contributed by atoms with van der Waals surface area (Å²) in [4.78, 5) is 6.95. The molecule has 0 bridgehead atoms. The van der Waals surface area contributed by atoms with Crippen molar-refractivity contribution in [2.75, 3.05) is 13.1 Å². The van der Waals surface area contributed by atoms with Crippen molar-refractivity contribution >= 4 is 33.9 Å². The van der Waals surface area contributed by atoms with Gasteiger partial charge >= 0.3 is 0 Å². The summed E-state index contributed by atoms with van der Waals surface area (Å²) in [5.74, 6) is 2.91.